The molecule has 0 aliphatic rings. The first-order valence-electron chi connectivity index (χ1n) is 8.02. The Morgan fingerprint density at radius 2 is 1.50 bits per heavy atom. The van der Waals surface area contributed by atoms with Gasteiger partial charge in [-0.1, -0.05) is 42.5 Å². The summed E-state index contributed by atoms with van der Waals surface area (Å²) in [5.74, 6) is 0.330. The molecule has 132 valence electrons. The molecule has 0 fully saturated rings. The molecule has 0 saturated carbocycles. The first-order valence-corrected chi connectivity index (χ1v) is 8.02. The van der Waals surface area contributed by atoms with Gasteiger partial charge in [-0.15, -0.1) is 0 Å². The van der Waals surface area contributed by atoms with Crippen molar-refractivity contribution in [3.8, 4) is 28.0 Å². The molecule has 26 heavy (non-hydrogen) atoms. The molecule has 5 heteroatoms. The van der Waals surface area contributed by atoms with Crippen molar-refractivity contribution in [3.63, 3.8) is 0 Å². The molecule has 0 spiro atoms. The van der Waals surface area contributed by atoms with Gasteiger partial charge in [-0.05, 0) is 30.2 Å². The van der Waals surface area contributed by atoms with Crippen molar-refractivity contribution in [1.82, 2.24) is 0 Å². The zero-order valence-electron chi connectivity index (χ0n) is 14.7. The predicted octanol–water partition coefficient (Wildman–Crippen LogP) is 4.08. The van der Waals surface area contributed by atoms with Crippen molar-refractivity contribution >= 4 is 5.97 Å². The number of hydrogen-bond donors (Lipinski definition) is 0. The Morgan fingerprint density at radius 1 is 0.885 bits per heavy atom. The van der Waals surface area contributed by atoms with Crippen molar-refractivity contribution in [2.75, 3.05) is 14.2 Å². The molecule has 5 nitrogen and oxygen atoms in total. The Morgan fingerprint density at radius 3 is 2.08 bits per heavy atom. The van der Waals surface area contributed by atoms with Gasteiger partial charge in [0.1, 0.15) is 17.1 Å². The highest BCUT2D eigenvalue weighted by molar-refractivity contribution is 6.02. The highest BCUT2D eigenvalue weighted by Gasteiger charge is 2.25. The maximum Gasteiger partial charge on any atom is 0.344 e. The lowest BCUT2D eigenvalue weighted by molar-refractivity contribution is 0.0597. The number of benzene rings is 2. The normalized spacial score (nSPS) is 10.4. The van der Waals surface area contributed by atoms with E-state index in [4.69, 9.17) is 13.9 Å². The molecule has 0 aliphatic heterocycles. The number of esters is 1. The molecule has 0 radical (unpaired) electrons. The van der Waals surface area contributed by atoms with Crippen LogP contribution in [0.3, 0.4) is 0 Å². The smallest absolute Gasteiger partial charge is 0.344 e. The van der Waals surface area contributed by atoms with Gasteiger partial charge in [0.15, 0.2) is 0 Å². The highest BCUT2D eigenvalue weighted by atomic mass is 16.5. The summed E-state index contributed by atoms with van der Waals surface area (Å²) < 4.78 is 15.5. The summed E-state index contributed by atoms with van der Waals surface area (Å²) in [7, 11) is 2.87. The zero-order valence-corrected chi connectivity index (χ0v) is 14.7. The third kappa shape index (κ3) is 3.11. The number of carbonyl (C=O) groups excluding carboxylic acids is 1. The van der Waals surface area contributed by atoms with Crippen LogP contribution in [-0.2, 0) is 4.74 Å². The second kappa shape index (κ2) is 7.27. The van der Waals surface area contributed by atoms with Gasteiger partial charge in [-0.3, -0.25) is 0 Å². The van der Waals surface area contributed by atoms with Gasteiger partial charge in [0.05, 0.1) is 19.8 Å². The van der Waals surface area contributed by atoms with E-state index in [0.29, 0.717) is 28.0 Å². The Kier molecular flexibility index (Phi) is 4.89. The van der Waals surface area contributed by atoms with Crippen LogP contribution in [0.2, 0.25) is 0 Å². The minimum atomic E-state index is -0.561. The van der Waals surface area contributed by atoms with E-state index in [1.807, 2.05) is 18.2 Å². The molecule has 0 aliphatic carbocycles. The third-order valence-corrected chi connectivity index (χ3v) is 4.13. The van der Waals surface area contributed by atoms with Gasteiger partial charge in [0, 0.05) is 5.56 Å². The summed E-state index contributed by atoms with van der Waals surface area (Å²) in [4.78, 5) is 25.1. The van der Waals surface area contributed by atoms with Crippen molar-refractivity contribution in [2.45, 2.75) is 6.92 Å². The first-order chi connectivity index (χ1) is 12.6. The first kappa shape index (κ1) is 17.5. The van der Waals surface area contributed by atoms with Crippen molar-refractivity contribution < 1.29 is 18.7 Å². The number of rotatable bonds is 4. The molecule has 0 N–H and O–H groups in total. The second-order valence-electron chi connectivity index (χ2n) is 5.66. The molecule has 1 heterocycles. The van der Waals surface area contributed by atoms with Crippen LogP contribution >= 0.6 is 0 Å². The van der Waals surface area contributed by atoms with Gasteiger partial charge < -0.3 is 13.9 Å². The second-order valence-corrected chi connectivity index (χ2v) is 5.66. The van der Waals surface area contributed by atoms with Gasteiger partial charge >= 0.3 is 11.6 Å². The van der Waals surface area contributed by atoms with Crippen LogP contribution in [0.5, 0.6) is 5.75 Å². The summed E-state index contributed by atoms with van der Waals surface area (Å²) in [6.07, 6.45) is 0. The van der Waals surface area contributed by atoms with E-state index in [9.17, 15) is 9.59 Å². The summed E-state index contributed by atoms with van der Waals surface area (Å²) in [6, 6.07) is 16.2. The van der Waals surface area contributed by atoms with E-state index in [-0.39, 0.29) is 11.3 Å². The third-order valence-electron chi connectivity index (χ3n) is 4.13. The van der Waals surface area contributed by atoms with Gasteiger partial charge in [-0.25, -0.2) is 9.59 Å². The maximum absolute atomic E-state index is 12.7. The molecule has 0 unspecified atom stereocenters. The Balaban J connectivity index is 2.40. The average Bonchev–Trinajstić information content (AvgIpc) is 2.67. The molecule has 1 aromatic heterocycles. The topological polar surface area (TPSA) is 65.7 Å². The lowest BCUT2D eigenvalue weighted by Gasteiger charge is -2.15. The molecular formula is C21H18O5. The van der Waals surface area contributed by atoms with Crippen molar-refractivity contribution in [2.24, 2.45) is 0 Å². The number of aryl methyl sites for hydroxylation is 1. The van der Waals surface area contributed by atoms with Crippen LogP contribution in [-0.4, -0.2) is 20.2 Å². The van der Waals surface area contributed by atoms with Crippen LogP contribution < -0.4 is 10.4 Å². The van der Waals surface area contributed by atoms with Crippen LogP contribution in [0, 0.1) is 6.92 Å². The number of hydrogen-bond acceptors (Lipinski definition) is 5. The van der Waals surface area contributed by atoms with Crippen molar-refractivity contribution in [1.29, 1.82) is 0 Å². The molecular weight excluding hydrogens is 332 g/mol. The van der Waals surface area contributed by atoms with Crippen molar-refractivity contribution in [3.05, 3.63) is 76.3 Å². The minimum Gasteiger partial charge on any atom is -0.497 e. The summed E-state index contributed by atoms with van der Waals surface area (Å²) in [6.45, 7) is 1.58. The Bertz CT molecular complexity index is 985. The standard InChI is InChI=1S/C21H18O5/c1-13-17(20(22)25-3)18(15-9-11-16(24-2)12-10-15)19(21(23)26-13)14-7-5-4-6-8-14/h4-12H,1-3H3. The average molecular weight is 350 g/mol. The molecule has 3 aromatic rings. The SMILES string of the molecule is COC(=O)c1c(C)oc(=O)c(-c2ccccc2)c1-c1ccc(OC)cc1. The largest absolute Gasteiger partial charge is 0.497 e. The summed E-state index contributed by atoms with van der Waals surface area (Å²) >= 11 is 0. The number of methoxy groups -OCH3 is 2. The number of ether oxygens (including phenoxy) is 2. The van der Waals surface area contributed by atoms with E-state index in [1.54, 1.807) is 50.4 Å². The molecule has 0 amide bonds. The maximum atomic E-state index is 12.7. The minimum absolute atomic E-state index is 0.215. The van der Waals surface area contributed by atoms with E-state index < -0.39 is 11.6 Å². The summed E-state index contributed by atoms with van der Waals surface area (Å²) in [5, 5.41) is 0. The fourth-order valence-electron chi connectivity index (χ4n) is 2.91. The van der Waals surface area contributed by atoms with E-state index >= 15 is 0 Å². The highest BCUT2D eigenvalue weighted by Crippen LogP contribution is 2.35. The lowest BCUT2D eigenvalue weighted by atomic mass is 9.91. The Labute approximate surface area is 150 Å². The van der Waals surface area contributed by atoms with Crippen LogP contribution in [0.4, 0.5) is 0 Å². The number of carbonyl (C=O) groups is 1. The van der Waals surface area contributed by atoms with E-state index in [1.165, 1.54) is 7.11 Å². The fraction of sp³-hybridized carbons (Fsp3) is 0.143. The van der Waals surface area contributed by atoms with Crippen LogP contribution in [0.25, 0.3) is 22.3 Å². The van der Waals surface area contributed by atoms with E-state index in [2.05, 4.69) is 0 Å². The molecule has 2 aromatic carbocycles. The summed E-state index contributed by atoms with van der Waals surface area (Å²) in [5.41, 5.74) is 1.89. The van der Waals surface area contributed by atoms with Crippen LogP contribution in [0.15, 0.2) is 63.8 Å². The lowest BCUT2D eigenvalue weighted by Crippen LogP contribution is -2.14. The van der Waals surface area contributed by atoms with Gasteiger partial charge in [0.25, 0.3) is 0 Å². The molecule has 0 saturated heterocycles. The quantitative estimate of drug-likeness (QED) is 0.664. The van der Waals surface area contributed by atoms with E-state index in [0.717, 1.165) is 0 Å². The predicted molar refractivity (Wildman–Crippen MR) is 98.5 cm³/mol. The Hall–Kier alpha value is -3.34. The van der Waals surface area contributed by atoms with Crippen LogP contribution in [0.1, 0.15) is 16.1 Å². The molecule has 0 atom stereocenters. The molecule has 0 bridgehead atoms. The zero-order chi connectivity index (χ0) is 18.7. The molecule has 3 rings (SSSR count). The monoisotopic (exact) mass is 350 g/mol. The fourth-order valence-corrected chi connectivity index (χ4v) is 2.91. The van der Waals surface area contributed by atoms with Gasteiger partial charge in [-0.2, -0.15) is 0 Å². The van der Waals surface area contributed by atoms with Gasteiger partial charge in [0.2, 0.25) is 0 Å².